The number of benzene rings is 2. The van der Waals surface area contributed by atoms with Gasteiger partial charge in [-0.1, -0.05) is 29.4 Å². The molecule has 0 aliphatic carbocycles. The Morgan fingerprint density at radius 2 is 1.90 bits per heavy atom. The van der Waals surface area contributed by atoms with Gasteiger partial charge in [0, 0.05) is 42.2 Å². The molecule has 0 spiro atoms. The van der Waals surface area contributed by atoms with Crippen LogP contribution in [0.3, 0.4) is 0 Å². The normalized spacial score (nSPS) is 23.2. The molecule has 4 fully saturated rings. The van der Waals surface area contributed by atoms with Gasteiger partial charge in [-0.25, -0.2) is 0 Å². The Bertz CT molecular complexity index is 1680. The van der Waals surface area contributed by atoms with Crippen LogP contribution in [0.2, 0.25) is 0 Å². The van der Waals surface area contributed by atoms with E-state index < -0.39 is 0 Å². The monoisotopic (exact) mass is 568 g/mol. The number of rotatable bonds is 6. The SMILES string of the molecule is C#Cc1cccc2cc(O)cc(Oc3nc4c(N5CC6CCC(C5)N6)nc(OCC56CCCN5CCC6)nc4s3)c12. The highest BCUT2D eigenvalue weighted by Crippen LogP contribution is 2.42. The van der Waals surface area contributed by atoms with Crippen molar-refractivity contribution in [2.75, 3.05) is 37.7 Å². The highest BCUT2D eigenvalue weighted by molar-refractivity contribution is 7.19. The second-order valence-corrected chi connectivity index (χ2v) is 12.7. The van der Waals surface area contributed by atoms with Crippen molar-refractivity contribution in [2.45, 2.75) is 56.1 Å². The van der Waals surface area contributed by atoms with Crippen LogP contribution in [0.1, 0.15) is 44.1 Å². The standard InChI is InChI=1S/C31H32N6O3S/c1-2-19-6-3-7-20-14-23(38)15-24(25(19)20)40-30-33-26-27(36-16-21-8-9-22(17-36)32-21)34-29(35-28(26)41-30)39-18-31-10-4-12-37(31)13-5-11-31/h1,3,6-7,14-15,21-22,32,38H,4-5,8-13,16-18H2. The zero-order valence-electron chi connectivity index (χ0n) is 22.8. The molecule has 2 aromatic heterocycles. The van der Waals surface area contributed by atoms with Gasteiger partial charge in [0.25, 0.3) is 5.19 Å². The minimum atomic E-state index is 0.0995. The van der Waals surface area contributed by atoms with E-state index in [9.17, 15) is 5.11 Å². The molecule has 0 radical (unpaired) electrons. The molecule has 4 aromatic rings. The summed E-state index contributed by atoms with van der Waals surface area (Å²) in [4.78, 5) is 20.3. The molecule has 8 rings (SSSR count). The van der Waals surface area contributed by atoms with Crippen LogP contribution in [0.25, 0.3) is 21.1 Å². The number of anilines is 1. The summed E-state index contributed by atoms with van der Waals surface area (Å²) < 4.78 is 12.8. The molecule has 2 unspecified atom stereocenters. The maximum Gasteiger partial charge on any atom is 0.319 e. The maximum atomic E-state index is 10.4. The number of aromatic hydroxyl groups is 1. The third kappa shape index (κ3) is 4.35. The number of phenolic OH excluding ortho intramolecular Hbond substituents is 1. The number of nitrogens with one attached hydrogen (secondary N) is 1. The van der Waals surface area contributed by atoms with Crippen molar-refractivity contribution in [3.05, 3.63) is 35.9 Å². The second-order valence-electron chi connectivity index (χ2n) is 11.8. The van der Waals surface area contributed by atoms with Gasteiger partial charge in [-0.15, -0.1) is 6.42 Å². The van der Waals surface area contributed by atoms with Gasteiger partial charge in [-0.3, -0.25) is 4.90 Å². The van der Waals surface area contributed by atoms with Crippen molar-refractivity contribution in [1.29, 1.82) is 0 Å². The smallest absolute Gasteiger partial charge is 0.319 e. The van der Waals surface area contributed by atoms with Crippen molar-refractivity contribution >= 4 is 38.3 Å². The summed E-state index contributed by atoms with van der Waals surface area (Å²) in [5.41, 5.74) is 1.51. The number of thiazole rings is 1. The fraction of sp³-hybridized carbons (Fsp3) is 0.452. The van der Waals surface area contributed by atoms with Crippen LogP contribution in [0.4, 0.5) is 5.82 Å². The van der Waals surface area contributed by atoms with Gasteiger partial charge in [-0.05, 0) is 69.1 Å². The summed E-state index contributed by atoms with van der Waals surface area (Å²) in [6.45, 7) is 4.65. The lowest BCUT2D eigenvalue weighted by molar-refractivity contribution is 0.108. The van der Waals surface area contributed by atoms with Gasteiger partial charge in [0.15, 0.2) is 10.6 Å². The number of phenols is 1. The van der Waals surface area contributed by atoms with E-state index in [2.05, 4.69) is 21.0 Å². The van der Waals surface area contributed by atoms with Crippen molar-refractivity contribution in [3.8, 4) is 35.0 Å². The molecule has 0 amide bonds. The fourth-order valence-electron chi connectivity index (χ4n) is 7.40. The molecule has 4 saturated heterocycles. The van der Waals surface area contributed by atoms with Crippen LogP contribution < -0.4 is 19.7 Å². The van der Waals surface area contributed by atoms with Crippen molar-refractivity contribution in [3.63, 3.8) is 0 Å². The van der Waals surface area contributed by atoms with Crippen molar-refractivity contribution in [1.82, 2.24) is 25.2 Å². The van der Waals surface area contributed by atoms with E-state index in [1.807, 2.05) is 18.2 Å². The Morgan fingerprint density at radius 1 is 1.10 bits per heavy atom. The predicted molar refractivity (Wildman–Crippen MR) is 159 cm³/mol. The number of piperazine rings is 1. The zero-order chi connectivity index (χ0) is 27.6. The highest BCUT2D eigenvalue weighted by atomic mass is 32.1. The van der Waals surface area contributed by atoms with Crippen LogP contribution in [0.5, 0.6) is 22.7 Å². The molecule has 4 aliphatic rings. The van der Waals surface area contributed by atoms with E-state index in [1.54, 1.807) is 12.1 Å². The van der Waals surface area contributed by atoms with Crippen molar-refractivity contribution < 1.29 is 14.6 Å². The Balaban J connectivity index is 1.17. The van der Waals surface area contributed by atoms with E-state index in [0.717, 1.165) is 47.6 Å². The van der Waals surface area contributed by atoms with Crippen LogP contribution >= 0.6 is 11.3 Å². The number of nitrogens with zero attached hydrogens (tertiary/aromatic N) is 5. The number of hydrogen-bond donors (Lipinski definition) is 2. The van der Waals surface area contributed by atoms with Gasteiger partial charge >= 0.3 is 6.01 Å². The van der Waals surface area contributed by atoms with E-state index in [-0.39, 0.29) is 11.3 Å². The molecule has 2 atom stereocenters. The lowest BCUT2D eigenvalue weighted by atomic mass is 9.95. The van der Waals surface area contributed by atoms with Gasteiger partial charge < -0.3 is 24.8 Å². The number of ether oxygens (including phenoxy) is 2. The molecule has 41 heavy (non-hydrogen) atoms. The van der Waals surface area contributed by atoms with Crippen LogP contribution in [0.15, 0.2) is 30.3 Å². The van der Waals surface area contributed by atoms with Gasteiger partial charge in [0.05, 0.1) is 5.54 Å². The molecule has 2 bridgehead atoms. The van der Waals surface area contributed by atoms with Crippen LogP contribution in [-0.4, -0.2) is 75.4 Å². The van der Waals surface area contributed by atoms with Gasteiger partial charge in [0.1, 0.15) is 23.6 Å². The third-order valence-corrected chi connectivity index (χ3v) is 10.1. The third-order valence-electron chi connectivity index (χ3n) is 9.28. The summed E-state index contributed by atoms with van der Waals surface area (Å²) in [6, 6.07) is 10.2. The van der Waals surface area contributed by atoms with E-state index in [0.29, 0.717) is 46.7 Å². The molecule has 4 aliphatic heterocycles. The predicted octanol–water partition coefficient (Wildman–Crippen LogP) is 4.67. The number of hydrogen-bond acceptors (Lipinski definition) is 10. The summed E-state index contributed by atoms with van der Waals surface area (Å²) in [7, 11) is 0. The van der Waals surface area contributed by atoms with E-state index in [1.165, 1.54) is 49.9 Å². The molecular formula is C31H32N6O3S. The first-order valence-corrected chi connectivity index (χ1v) is 15.4. The minimum absolute atomic E-state index is 0.0995. The Morgan fingerprint density at radius 3 is 2.68 bits per heavy atom. The first-order valence-electron chi connectivity index (χ1n) is 14.5. The van der Waals surface area contributed by atoms with Crippen molar-refractivity contribution in [2.24, 2.45) is 0 Å². The van der Waals surface area contributed by atoms with Crippen LogP contribution in [-0.2, 0) is 0 Å². The molecule has 9 nitrogen and oxygen atoms in total. The van der Waals surface area contributed by atoms with E-state index in [4.69, 9.17) is 30.8 Å². The van der Waals surface area contributed by atoms with Crippen LogP contribution in [0, 0.1) is 12.3 Å². The quantitative estimate of drug-likeness (QED) is 0.322. The molecule has 6 heterocycles. The molecule has 2 N–H and O–H groups in total. The topological polar surface area (TPSA) is 95.9 Å². The Labute approximate surface area is 242 Å². The maximum absolute atomic E-state index is 10.4. The average molecular weight is 569 g/mol. The lowest BCUT2D eigenvalue weighted by Gasteiger charge is -2.34. The summed E-state index contributed by atoms with van der Waals surface area (Å²) in [6.07, 6.45) is 12.9. The second kappa shape index (κ2) is 9.72. The number of aromatic nitrogens is 3. The largest absolute Gasteiger partial charge is 0.508 e. The molecule has 10 heteroatoms. The first-order chi connectivity index (χ1) is 20.1. The fourth-order valence-corrected chi connectivity index (χ4v) is 8.19. The zero-order valence-corrected chi connectivity index (χ0v) is 23.6. The number of terminal acetylenes is 1. The lowest BCUT2D eigenvalue weighted by Crippen LogP contribution is -2.51. The van der Waals surface area contributed by atoms with E-state index >= 15 is 0 Å². The summed E-state index contributed by atoms with van der Waals surface area (Å²) >= 11 is 1.35. The molecule has 210 valence electrons. The summed E-state index contributed by atoms with van der Waals surface area (Å²) in [5, 5.41) is 16.1. The van der Waals surface area contributed by atoms with Gasteiger partial charge in [0.2, 0.25) is 0 Å². The molecule has 2 aromatic carbocycles. The Kier molecular flexibility index (Phi) is 5.95. The minimum Gasteiger partial charge on any atom is -0.508 e. The van der Waals surface area contributed by atoms with Gasteiger partial charge in [-0.2, -0.15) is 15.0 Å². The number of fused-ring (bicyclic) bond motifs is 5. The highest BCUT2D eigenvalue weighted by Gasteiger charge is 2.45. The summed E-state index contributed by atoms with van der Waals surface area (Å²) in [5.74, 6) is 4.09. The molecular weight excluding hydrogens is 536 g/mol. The molecule has 0 saturated carbocycles. The Hall–Kier alpha value is -3.65. The first kappa shape index (κ1) is 25.1. The average Bonchev–Trinajstić information content (AvgIpc) is 3.73.